The maximum absolute atomic E-state index is 10.7. The summed E-state index contributed by atoms with van der Waals surface area (Å²) in [4.78, 5) is 2.43. The molecule has 0 bridgehead atoms. The van der Waals surface area contributed by atoms with Gasteiger partial charge in [-0.15, -0.1) is 0 Å². The van der Waals surface area contributed by atoms with Crippen molar-refractivity contribution in [1.29, 1.82) is 0 Å². The first-order chi connectivity index (χ1) is 7.60. The number of rotatable bonds is 6. The van der Waals surface area contributed by atoms with Crippen molar-refractivity contribution in [3.05, 3.63) is 0 Å². The first-order valence-corrected chi connectivity index (χ1v) is 7.03. The van der Waals surface area contributed by atoms with Crippen LogP contribution in [0.2, 0.25) is 0 Å². The molecule has 1 aliphatic carbocycles. The van der Waals surface area contributed by atoms with Crippen molar-refractivity contribution in [3.8, 4) is 0 Å². The second-order valence-corrected chi connectivity index (χ2v) is 5.37. The van der Waals surface area contributed by atoms with Crippen molar-refractivity contribution in [2.24, 2.45) is 5.92 Å². The molecule has 1 rings (SSSR count). The molecule has 0 spiro atoms. The Morgan fingerprint density at radius 3 is 2.06 bits per heavy atom. The molecule has 0 heterocycles. The monoisotopic (exact) mass is 227 g/mol. The van der Waals surface area contributed by atoms with Crippen LogP contribution in [0, 0.1) is 5.92 Å². The third-order valence-electron chi connectivity index (χ3n) is 4.69. The number of hydrogen-bond acceptors (Lipinski definition) is 2. The Morgan fingerprint density at radius 2 is 1.69 bits per heavy atom. The van der Waals surface area contributed by atoms with Gasteiger partial charge in [0, 0.05) is 5.54 Å². The third-order valence-corrected chi connectivity index (χ3v) is 4.69. The van der Waals surface area contributed by atoms with Gasteiger partial charge in [-0.3, -0.25) is 4.90 Å². The van der Waals surface area contributed by atoms with E-state index in [0.717, 1.165) is 19.5 Å². The lowest BCUT2D eigenvalue weighted by Crippen LogP contribution is -2.56. The minimum Gasteiger partial charge on any atom is -0.391 e. The molecule has 0 aromatic rings. The topological polar surface area (TPSA) is 23.5 Å². The molecule has 16 heavy (non-hydrogen) atoms. The fourth-order valence-electron chi connectivity index (χ4n) is 3.35. The number of aliphatic hydroxyl groups excluding tert-OH is 1. The van der Waals surface area contributed by atoms with Gasteiger partial charge < -0.3 is 5.11 Å². The summed E-state index contributed by atoms with van der Waals surface area (Å²) >= 11 is 0. The fourth-order valence-corrected chi connectivity index (χ4v) is 3.35. The Hall–Kier alpha value is -0.0800. The largest absolute Gasteiger partial charge is 0.391 e. The van der Waals surface area contributed by atoms with Gasteiger partial charge in [0.15, 0.2) is 0 Å². The number of hydrogen-bond donors (Lipinski definition) is 1. The molecular formula is C14H29NO. The lowest BCUT2D eigenvalue weighted by Gasteiger charge is -2.45. The highest BCUT2D eigenvalue weighted by Gasteiger charge is 2.40. The maximum atomic E-state index is 10.7. The lowest BCUT2D eigenvalue weighted by molar-refractivity contribution is -0.0497. The van der Waals surface area contributed by atoms with Gasteiger partial charge in [-0.1, -0.05) is 33.6 Å². The van der Waals surface area contributed by atoms with Gasteiger partial charge in [0.1, 0.15) is 0 Å². The summed E-state index contributed by atoms with van der Waals surface area (Å²) in [5, 5.41) is 10.7. The molecule has 1 saturated carbocycles. The molecule has 2 nitrogen and oxygen atoms in total. The minimum absolute atomic E-state index is 0.0293. The molecule has 2 unspecified atom stereocenters. The van der Waals surface area contributed by atoms with E-state index in [1.165, 1.54) is 25.7 Å². The molecule has 1 fully saturated rings. The van der Waals surface area contributed by atoms with E-state index >= 15 is 0 Å². The van der Waals surface area contributed by atoms with Gasteiger partial charge in [0.05, 0.1) is 6.10 Å². The van der Waals surface area contributed by atoms with Gasteiger partial charge in [-0.2, -0.15) is 0 Å². The van der Waals surface area contributed by atoms with Crippen molar-refractivity contribution in [1.82, 2.24) is 4.90 Å². The van der Waals surface area contributed by atoms with E-state index in [0.29, 0.717) is 5.92 Å². The quantitative estimate of drug-likeness (QED) is 0.754. The van der Waals surface area contributed by atoms with Crippen molar-refractivity contribution >= 4 is 0 Å². The van der Waals surface area contributed by atoms with Crippen LogP contribution in [-0.2, 0) is 0 Å². The highest BCUT2D eigenvalue weighted by atomic mass is 16.3. The second kappa shape index (κ2) is 6.02. The predicted octanol–water partition coefficient (Wildman–Crippen LogP) is 3.05. The fraction of sp³-hybridized carbons (Fsp3) is 1.00. The summed E-state index contributed by atoms with van der Waals surface area (Å²) in [6.45, 7) is 10.9. The molecule has 0 saturated heterocycles. The van der Waals surface area contributed by atoms with Crippen LogP contribution < -0.4 is 0 Å². The lowest BCUT2D eigenvalue weighted by atomic mass is 9.81. The van der Waals surface area contributed by atoms with E-state index < -0.39 is 0 Å². The van der Waals surface area contributed by atoms with Crippen molar-refractivity contribution in [2.75, 3.05) is 13.1 Å². The van der Waals surface area contributed by atoms with Crippen LogP contribution >= 0.6 is 0 Å². The summed E-state index contributed by atoms with van der Waals surface area (Å²) in [5.41, 5.74) is -0.0293. The standard InChI is InChI=1S/C14H29NO/c1-5-14(4,15(6-2)7-3)13(16)12-10-8-9-11-12/h12-13,16H,5-11H2,1-4H3. The molecule has 1 aliphatic rings. The molecule has 2 heteroatoms. The van der Waals surface area contributed by atoms with Gasteiger partial charge in [-0.05, 0) is 45.2 Å². The number of nitrogens with zero attached hydrogens (tertiary/aromatic N) is 1. The van der Waals surface area contributed by atoms with Crippen LogP contribution in [0.4, 0.5) is 0 Å². The van der Waals surface area contributed by atoms with Gasteiger partial charge >= 0.3 is 0 Å². The van der Waals surface area contributed by atoms with Crippen LogP contribution in [0.3, 0.4) is 0 Å². The number of likely N-dealkylation sites (N-methyl/N-ethyl adjacent to an activating group) is 1. The Kier molecular flexibility index (Phi) is 5.26. The van der Waals surface area contributed by atoms with E-state index in [2.05, 4.69) is 32.6 Å². The van der Waals surface area contributed by atoms with Crippen LogP contribution in [0.5, 0.6) is 0 Å². The second-order valence-electron chi connectivity index (χ2n) is 5.37. The average molecular weight is 227 g/mol. The average Bonchev–Trinajstić information content (AvgIpc) is 2.82. The molecule has 0 aliphatic heterocycles. The Morgan fingerprint density at radius 1 is 1.19 bits per heavy atom. The van der Waals surface area contributed by atoms with Gasteiger partial charge in [0.25, 0.3) is 0 Å². The molecule has 0 radical (unpaired) electrons. The zero-order valence-electron chi connectivity index (χ0n) is 11.5. The van der Waals surface area contributed by atoms with Crippen LogP contribution in [0.15, 0.2) is 0 Å². The van der Waals surface area contributed by atoms with E-state index in [-0.39, 0.29) is 11.6 Å². The molecule has 0 aromatic heterocycles. The van der Waals surface area contributed by atoms with E-state index in [1.807, 2.05) is 0 Å². The SMILES string of the molecule is CCN(CC)C(C)(CC)C(O)C1CCCC1. The van der Waals surface area contributed by atoms with E-state index in [9.17, 15) is 5.11 Å². The minimum atomic E-state index is -0.153. The summed E-state index contributed by atoms with van der Waals surface area (Å²) in [6, 6.07) is 0. The maximum Gasteiger partial charge on any atom is 0.0749 e. The highest BCUT2D eigenvalue weighted by molar-refractivity contribution is 4.95. The van der Waals surface area contributed by atoms with E-state index in [1.54, 1.807) is 0 Å². The molecule has 0 amide bonds. The van der Waals surface area contributed by atoms with Gasteiger partial charge in [-0.25, -0.2) is 0 Å². The summed E-state index contributed by atoms with van der Waals surface area (Å²) < 4.78 is 0. The Bertz CT molecular complexity index is 197. The van der Waals surface area contributed by atoms with Crippen LogP contribution in [-0.4, -0.2) is 34.7 Å². The van der Waals surface area contributed by atoms with E-state index in [4.69, 9.17) is 0 Å². The zero-order valence-corrected chi connectivity index (χ0v) is 11.5. The summed E-state index contributed by atoms with van der Waals surface area (Å²) in [7, 11) is 0. The van der Waals surface area contributed by atoms with Crippen LogP contribution in [0.1, 0.15) is 59.8 Å². The van der Waals surface area contributed by atoms with Crippen LogP contribution in [0.25, 0.3) is 0 Å². The normalized spacial score (nSPS) is 23.6. The molecule has 96 valence electrons. The molecule has 2 atom stereocenters. The molecular weight excluding hydrogens is 198 g/mol. The smallest absolute Gasteiger partial charge is 0.0749 e. The predicted molar refractivity (Wildman–Crippen MR) is 69.6 cm³/mol. The summed E-state index contributed by atoms with van der Waals surface area (Å²) in [5.74, 6) is 0.533. The van der Waals surface area contributed by atoms with Crippen molar-refractivity contribution in [2.45, 2.75) is 71.4 Å². The zero-order chi connectivity index (χ0) is 12.2. The summed E-state index contributed by atoms with van der Waals surface area (Å²) in [6.07, 6.45) is 5.93. The van der Waals surface area contributed by atoms with Crippen molar-refractivity contribution in [3.63, 3.8) is 0 Å². The van der Waals surface area contributed by atoms with Gasteiger partial charge in [0.2, 0.25) is 0 Å². The molecule has 1 N–H and O–H groups in total. The third kappa shape index (κ3) is 2.60. The molecule has 0 aromatic carbocycles. The van der Waals surface area contributed by atoms with Crippen molar-refractivity contribution < 1.29 is 5.11 Å². The number of aliphatic hydroxyl groups is 1. The Labute approximate surface area is 101 Å². The Balaban J connectivity index is 2.76. The highest BCUT2D eigenvalue weighted by Crippen LogP contribution is 2.36. The first-order valence-electron chi connectivity index (χ1n) is 7.03. The first kappa shape index (κ1) is 14.0.